The highest BCUT2D eigenvalue weighted by atomic mass is 16.6. The fourth-order valence-electron chi connectivity index (χ4n) is 6.20. The van der Waals surface area contributed by atoms with Crippen LogP contribution in [0.3, 0.4) is 0 Å². The second-order valence-corrected chi connectivity index (χ2v) is 13.6. The number of fused-ring (bicyclic) bond motifs is 3. The summed E-state index contributed by atoms with van der Waals surface area (Å²) in [6.45, 7) is 16.9. The van der Waals surface area contributed by atoms with Crippen molar-refractivity contribution < 1.29 is 19.1 Å². The number of ether oxygens (including phenoxy) is 2. The first kappa shape index (κ1) is 32.5. The molecule has 2 aromatic rings. The summed E-state index contributed by atoms with van der Waals surface area (Å²) in [5.41, 5.74) is 8.10. The third kappa shape index (κ3) is 7.67. The van der Waals surface area contributed by atoms with E-state index in [4.69, 9.17) is 14.5 Å². The number of likely N-dealkylation sites (N-methyl/N-ethyl adjacent to an activating group) is 1. The van der Waals surface area contributed by atoms with Crippen molar-refractivity contribution in [3.63, 3.8) is 0 Å². The van der Waals surface area contributed by atoms with E-state index < -0.39 is 11.7 Å². The number of hydrazine groups is 1. The average Bonchev–Trinajstić information content (AvgIpc) is 3.37. The number of hydrogen-bond donors (Lipinski definition) is 3. The minimum absolute atomic E-state index is 0.273. The van der Waals surface area contributed by atoms with Gasteiger partial charge in [0.2, 0.25) is 5.95 Å². The molecule has 3 heterocycles. The monoisotopic (exact) mass is 620 g/mol. The fraction of sp³-hybridized carbons (Fsp3) is 0.576. The van der Waals surface area contributed by atoms with Crippen molar-refractivity contribution >= 4 is 29.4 Å². The van der Waals surface area contributed by atoms with Crippen LogP contribution in [0.4, 0.5) is 22.1 Å². The lowest BCUT2D eigenvalue weighted by atomic mass is 9.69. The minimum Gasteiger partial charge on any atom is -0.461 e. The normalized spacial score (nSPS) is 19.6. The van der Waals surface area contributed by atoms with Gasteiger partial charge in [-0.3, -0.25) is 0 Å². The first-order valence-corrected chi connectivity index (χ1v) is 15.9. The highest BCUT2D eigenvalue weighted by Gasteiger charge is 2.48. The first-order chi connectivity index (χ1) is 21.3. The number of rotatable bonds is 9. The molecule has 45 heavy (non-hydrogen) atoms. The van der Waals surface area contributed by atoms with Gasteiger partial charge < -0.3 is 34.9 Å². The van der Waals surface area contributed by atoms with Crippen LogP contribution in [0.5, 0.6) is 0 Å². The number of anilines is 3. The molecule has 12 nitrogen and oxygen atoms in total. The number of esters is 1. The molecule has 2 aliphatic heterocycles. The lowest BCUT2D eigenvalue weighted by molar-refractivity contribution is -0.140. The maximum atomic E-state index is 13.4. The third-order valence-electron chi connectivity index (χ3n) is 8.32. The number of hydrogen-bond acceptors (Lipinski definition) is 11. The number of alkyl carbamates (subject to hydrolysis) is 1. The predicted octanol–water partition coefficient (Wildman–Crippen LogP) is 4.15. The van der Waals surface area contributed by atoms with Crippen LogP contribution in [0.25, 0.3) is 0 Å². The van der Waals surface area contributed by atoms with Crippen LogP contribution < -0.4 is 21.0 Å². The van der Waals surface area contributed by atoms with Gasteiger partial charge in [-0.05, 0) is 88.4 Å². The molecule has 1 aromatic carbocycles. The summed E-state index contributed by atoms with van der Waals surface area (Å²) in [6.07, 6.45) is 2.70. The summed E-state index contributed by atoms with van der Waals surface area (Å²) in [5.74, 6) is 0.131. The maximum Gasteiger partial charge on any atom is 0.407 e. The Morgan fingerprint density at radius 1 is 1.11 bits per heavy atom. The van der Waals surface area contributed by atoms with Gasteiger partial charge in [0, 0.05) is 56.8 Å². The van der Waals surface area contributed by atoms with Crippen LogP contribution in [0.1, 0.15) is 65.3 Å². The van der Waals surface area contributed by atoms with Crippen LogP contribution in [-0.4, -0.2) is 90.5 Å². The predicted molar refractivity (Wildman–Crippen MR) is 174 cm³/mol. The molecule has 5 rings (SSSR count). The summed E-state index contributed by atoms with van der Waals surface area (Å²) < 4.78 is 10.9. The second-order valence-electron chi connectivity index (χ2n) is 13.6. The molecule has 1 fully saturated rings. The van der Waals surface area contributed by atoms with Crippen molar-refractivity contribution in [2.24, 2.45) is 5.41 Å². The van der Waals surface area contributed by atoms with Crippen molar-refractivity contribution in [1.82, 2.24) is 30.6 Å². The van der Waals surface area contributed by atoms with Gasteiger partial charge in [-0.25, -0.2) is 25.0 Å². The van der Waals surface area contributed by atoms with Crippen LogP contribution in [0.15, 0.2) is 41.7 Å². The lowest BCUT2D eigenvalue weighted by Crippen LogP contribution is -2.44. The van der Waals surface area contributed by atoms with Gasteiger partial charge in [-0.15, -0.1) is 0 Å². The van der Waals surface area contributed by atoms with Crippen LogP contribution in [0.2, 0.25) is 0 Å². The third-order valence-corrected chi connectivity index (χ3v) is 8.32. The number of benzene rings is 1. The Morgan fingerprint density at radius 3 is 2.49 bits per heavy atom. The van der Waals surface area contributed by atoms with Gasteiger partial charge in [0.25, 0.3) is 0 Å². The standard InChI is InChI=1S/C33H48N8O4/c1-8-44-29(42)28-25-27(38-41(28)15-9-14-34-31(43)45-32(2,3)4)26-22(20-33(25,5)6)21-35-30(37-26)36-23-10-12-24(13-11-23)40-18-16-39(7)17-19-40/h10-13,21,27,38H,8-9,14-20H2,1-7H3,(H,34,43)(H,35,36,37). The van der Waals surface area contributed by atoms with Crippen molar-refractivity contribution in [3.8, 4) is 0 Å². The molecule has 244 valence electrons. The Bertz CT molecular complexity index is 1410. The average molecular weight is 621 g/mol. The summed E-state index contributed by atoms with van der Waals surface area (Å²) in [5, 5.41) is 8.03. The topological polar surface area (TPSA) is 124 Å². The molecule has 12 heteroatoms. The molecule has 1 aliphatic carbocycles. The molecule has 1 unspecified atom stereocenters. The molecular weight excluding hydrogens is 572 g/mol. The summed E-state index contributed by atoms with van der Waals surface area (Å²) in [7, 11) is 2.16. The first-order valence-electron chi connectivity index (χ1n) is 15.9. The van der Waals surface area contributed by atoms with Crippen molar-refractivity contribution in [2.45, 2.75) is 66.0 Å². The summed E-state index contributed by atoms with van der Waals surface area (Å²) >= 11 is 0. The van der Waals surface area contributed by atoms with E-state index in [0.29, 0.717) is 37.6 Å². The fourth-order valence-corrected chi connectivity index (χ4v) is 6.20. The van der Waals surface area contributed by atoms with Crippen molar-refractivity contribution in [3.05, 3.63) is 53.0 Å². The second kappa shape index (κ2) is 13.2. The number of carbonyl (C=O) groups excluding carboxylic acids is 2. The molecule has 0 bridgehead atoms. The minimum atomic E-state index is -0.569. The van der Waals surface area contributed by atoms with E-state index in [9.17, 15) is 9.59 Å². The summed E-state index contributed by atoms with van der Waals surface area (Å²) in [4.78, 5) is 39.9. The lowest BCUT2D eigenvalue weighted by Gasteiger charge is -2.36. The van der Waals surface area contributed by atoms with Crippen LogP contribution >= 0.6 is 0 Å². The van der Waals surface area contributed by atoms with Gasteiger partial charge in [0.1, 0.15) is 11.3 Å². The van der Waals surface area contributed by atoms with Crippen LogP contribution in [0, 0.1) is 5.41 Å². The molecular formula is C33H48N8O4. The van der Waals surface area contributed by atoms with E-state index in [1.807, 2.05) is 38.9 Å². The number of nitrogens with zero attached hydrogens (tertiary/aromatic N) is 5. The molecule has 1 aromatic heterocycles. The molecule has 1 atom stereocenters. The summed E-state index contributed by atoms with van der Waals surface area (Å²) in [6, 6.07) is 8.07. The van der Waals surface area contributed by atoms with Gasteiger partial charge in [0.15, 0.2) is 0 Å². The number of piperazine rings is 1. The van der Waals surface area contributed by atoms with Gasteiger partial charge in [0.05, 0.1) is 18.3 Å². The van der Waals surface area contributed by atoms with Gasteiger partial charge in [-0.1, -0.05) is 13.8 Å². The number of amides is 1. The molecule has 0 radical (unpaired) electrons. The van der Waals surface area contributed by atoms with E-state index in [-0.39, 0.29) is 24.0 Å². The quantitative estimate of drug-likeness (QED) is 0.277. The Balaban J connectivity index is 1.33. The Kier molecular flexibility index (Phi) is 9.54. The van der Waals surface area contributed by atoms with E-state index in [1.54, 1.807) is 0 Å². The van der Waals surface area contributed by atoms with E-state index >= 15 is 0 Å². The molecule has 1 saturated heterocycles. The molecule has 1 amide bonds. The zero-order chi connectivity index (χ0) is 32.4. The van der Waals surface area contributed by atoms with E-state index in [2.05, 4.69) is 76.0 Å². The SMILES string of the molecule is CCOC(=O)C1=C2C(NN1CCCNC(=O)OC(C)(C)C)c1nc(Nc3ccc(N4CCN(C)CC4)cc3)ncc1CC2(C)C. The highest BCUT2D eigenvalue weighted by Crippen LogP contribution is 2.49. The van der Waals surface area contributed by atoms with E-state index in [0.717, 1.165) is 48.7 Å². The molecule has 0 spiro atoms. The van der Waals surface area contributed by atoms with E-state index in [1.165, 1.54) is 5.69 Å². The smallest absolute Gasteiger partial charge is 0.407 e. The zero-order valence-corrected chi connectivity index (χ0v) is 27.7. The number of nitrogens with one attached hydrogen (secondary N) is 3. The molecule has 3 N–H and O–H groups in total. The molecule has 0 saturated carbocycles. The van der Waals surface area contributed by atoms with Gasteiger partial charge >= 0.3 is 12.1 Å². The van der Waals surface area contributed by atoms with Gasteiger partial charge in [-0.2, -0.15) is 0 Å². The zero-order valence-electron chi connectivity index (χ0n) is 27.7. The highest BCUT2D eigenvalue weighted by molar-refractivity contribution is 5.90. The van der Waals surface area contributed by atoms with Crippen molar-refractivity contribution in [2.75, 3.05) is 63.1 Å². The number of aromatic nitrogens is 2. The Morgan fingerprint density at radius 2 is 1.82 bits per heavy atom. The van der Waals surface area contributed by atoms with Crippen LogP contribution in [-0.2, 0) is 20.7 Å². The Labute approximate surface area is 266 Å². The largest absolute Gasteiger partial charge is 0.461 e. The van der Waals surface area contributed by atoms with Crippen molar-refractivity contribution in [1.29, 1.82) is 0 Å². The maximum absolute atomic E-state index is 13.4. The Hall–Kier alpha value is -3.90. The number of carbonyl (C=O) groups is 2. The molecule has 3 aliphatic rings.